The third-order valence-electron chi connectivity index (χ3n) is 3.99. The van der Waals surface area contributed by atoms with Gasteiger partial charge in [0.1, 0.15) is 5.75 Å². The minimum absolute atomic E-state index is 0.358. The Morgan fingerprint density at radius 2 is 2.29 bits per heavy atom. The summed E-state index contributed by atoms with van der Waals surface area (Å²) in [4.78, 5) is 0. The second-order valence-electron chi connectivity index (χ2n) is 5.33. The van der Waals surface area contributed by atoms with Gasteiger partial charge >= 0.3 is 0 Å². The number of nitrogens with one attached hydrogen (secondary N) is 1. The van der Waals surface area contributed by atoms with E-state index >= 15 is 0 Å². The van der Waals surface area contributed by atoms with Gasteiger partial charge in [-0.25, -0.2) is 0 Å². The number of ether oxygens (including phenoxy) is 2. The Kier molecular flexibility index (Phi) is 4.22. The van der Waals surface area contributed by atoms with Crippen molar-refractivity contribution in [3.05, 3.63) is 47.3 Å². The minimum Gasteiger partial charge on any atom is -0.496 e. The van der Waals surface area contributed by atoms with Gasteiger partial charge in [0.15, 0.2) is 0 Å². The predicted octanol–water partition coefficient (Wildman–Crippen LogP) is 1.83. The summed E-state index contributed by atoms with van der Waals surface area (Å²) in [5.74, 6) is 1.28. The normalized spacial score (nSPS) is 17.5. The van der Waals surface area contributed by atoms with Crippen molar-refractivity contribution in [3.63, 3.8) is 0 Å². The number of para-hydroxylation sites is 1. The van der Waals surface area contributed by atoms with Crippen LogP contribution in [0.4, 0.5) is 0 Å². The lowest BCUT2D eigenvalue weighted by molar-refractivity contribution is 0.0857. The molecule has 0 saturated heterocycles. The van der Waals surface area contributed by atoms with Crippen molar-refractivity contribution in [2.45, 2.75) is 19.1 Å². The maximum Gasteiger partial charge on any atom is 0.123 e. The SMILES string of the molecule is COc1ccccc1CNC[C@H]1COCc2c1cnn2C. The van der Waals surface area contributed by atoms with E-state index < -0.39 is 0 Å². The number of benzene rings is 1. The molecule has 1 aliphatic heterocycles. The largest absolute Gasteiger partial charge is 0.496 e. The summed E-state index contributed by atoms with van der Waals surface area (Å²) in [5.41, 5.74) is 3.66. The van der Waals surface area contributed by atoms with Gasteiger partial charge in [0.2, 0.25) is 0 Å². The zero-order valence-electron chi connectivity index (χ0n) is 12.5. The Hall–Kier alpha value is -1.85. The second kappa shape index (κ2) is 6.28. The first-order chi connectivity index (χ1) is 10.3. The molecule has 3 rings (SSSR count). The molecule has 0 saturated carbocycles. The third kappa shape index (κ3) is 2.94. The average Bonchev–Trinajstić information content (AvgIpc) is 2.90. The average molecular weight is 287 g/mol. The molecule has 0 spiro atoms. The van der Waals surface area contributed by atoms with Gasteiger partial charge in [-0.3, -0.25) is 4.68 Å². The molecule has 0 amide bonds. The van der Waals surface area contributed by atoms with E-state index in [-0.39, 0.29) is 0 Å². The van der Waals surface area contributed by atoms with Crippen LogP contribution >= 0.6 is 0 Å². The molecule has 0 radical (unpaired) electrons. The maximum atomic E-state index is 5.67. The molecule has 2 aromatic rings. The summed E-state index contributed by atoms with van der Waals surface area (Å²) in [6, 6.07) is 8.08. The van der Waals surface area contributed by atoms with E-state index in [1.54, 1.807) is 7.11 Å². The predicted molar refractivity (Wildman–Crippen MR) is 80.3 cm³/mol. The summed E-state index contributed by atoms with van der Waals surface area (Å²) in [7, 11) is 3.67. The fourth-order valence-electron chi connectivity index (χ4n) is 2.78. The summed E-state index contributed by atoms with van der Waals surface area (Å²) in [6.07, 6.45) is 1.97. The van der Waals surface area contributed by atoms with Crippen LogP contribution in [0, 0.1) is 0 Å². The lowest BCUT2D eigenvalue weighted by Crippen LogP contribution is -2.28. The van der Waals surface area contributed by atoms with Crippen LogP contribution in [0.2, 0.25) is 0 Å². The number of aryl methyl sites for hydroxylation is 1. The van der Waals surface area contributed by atoms with Crippen molar-refractivity contribution in [2.75, 3.05) is 20.3 Å². The van der Waals surface area contributed by atoms with Crippen LogP contribution < -0.4 is 10.1 Å². The summed E-state index contributed by atoms with van der Waals surface area (Å²) >= 11 is 0. The van der Waals surface area contributed by atoms with Gasteiger partial charge in [-0.2, -0.15) is 5.10 Å². The van der Waals surface area contributed by atoms with Crippen LogP contribution in [0.1, 0.15) is 22.7 Å². The molecule has 1 atom stereocenters. The summed E-state index contributed by atoms with van der Waals surface area (Å²) in [6.45, 7) is 3.07. The Bertz CT molecular complexity index is 609. The third-order valence-corrected chi connectivity index (χ3v) is 3.99. The van der Waals surface area contributed by atoms with Crippen molar-refractivity contribution < 1.29 is 9.47 Å². The van der Waals surface area contributed by atoms with Gasteiger partial charge in [0.25, 0.3) is 0 Å². The Morgan fingerprint density at radius 1 is 1.43 bits per heavy atom. The molecule has 5 nitrogen and oxygen atoms in total. The summed E-state index contributed by atoms with van der Waals surface area (Å²) in [5, 5.41) is 7.83. The molecule has 1 aromatic heterocycles. The van der Waals surface area contributed by atoms with Gasteiger partial charge in [-0.05, 0) is 6.07 Å². The molecule has 0 unspecified atom stereocenters. The molecule has 0 aliphatic carbocycles. The maximum absolute atomic E-state index is 5.67. The highest BCUT2D eigenvalue weighted by Crippen LogP contribution is 2.25. The lowest BCUT2D eigenvalue weighted by atomic mass is 9.98. The van der Waals surface area contributed by atoms with Crippen LogP contribution in [-0.4, -0.2) is 30.0 Å². The summed E-state index contributed by atoms with van der Waals surface area (Å²) < 4.78 is 12.9. The van der Waals surface area contributed by atoms with E-state index in [1.807, 2.05) is 36.1 Å². The first-order valence-electron chi connectivity index (χ1n) is 7.20. The van der Waals surface area contributed by atoms with E-state index in [0.29, 0.717) is 12.5 Å². The van der Waals surface area contributed by atoms with E-state index in [4.69, 9.17) is 9.47 Å². The van der Waals surface area contributed by atoms with Crippen LogP contribution in [0.5, 0.6) is 5.75 Å². The van der Waals surface area contributed by atoms with Gasteiger partial charge in [0.05, 0.1) is 32.2 Å². The Labute approximate surface area is 124 Å². The molecule has 21 heavy (non-hydrogen) atoms. The van der Waals surface area contributed by atoms with E-state index in [0.717, 1.165) is 25.4 Å². The fraction of sp³-hybridized carbons (Fsp3) is 0.438. The van der Waals surface area contributed by atoms with E-state index in [2.05, 4.69) is 16.5 Å². The van der Waals surface area contributed by atoms with Gasteiger partial charge in [-0.15, -0.1) is 0 Å². The van der Waals surface area contributed by atoms with Crippen LogP contribution in [0.25, 0.3) is 0 Å². The number of hydrogen-bond donors (Lipinski definition) is 1. The Morgan fingerprint density at radius 3 is 3.14 bits per heavy atom. The molecule has 2 heterocycles. The second-order valence-corrected chi connectivity index (χ2v) is 5.33. The standard InChI is InChI=1S/C16H21N3O2/c1-19-15-11-21-10-13(14(15)9-18-19)8-17-7-12-5-3-4-6-16(12)20-2/h3-6,9,13,17H,7-8,10-11H2,1-2H3/t13-/m0/s1. The van der Waals surface area contributed by atoms with E-state index in [9.17, 15) is 0 Å². The number of nitrogens with zero attached hydrogens (tertiary/aromatic N) is 2. The molecule has 0 bridgehead atoms. The zero-order chi connectivity index (χ0) is 14.7. The van der Waals surface area contributed by atoms with Gasteiger partial charge < -0.3 is 14.8 Å². The highest BCUT2D eigenvalue weighted by molar-refractivity contribution is 5.33. The topological polar surface area (TPSA) is 48.3 Å². The minimum atomic E-state index is 0.358. The number of aromatic nitrogens is 2. The van der Waals surface area contributed by atoms with Crippen LogP contribution in [0.3, 0.4) is 0 Å². The molecule has 112 valence electrons. The zero-order valence-corrected chi connectivity index (χ0v) is 12.5. The van der Waals surface area contributed by atoms with Crippen molar-refractivity contribution in [1.29, 1.82) is 0 Å². The molecular formula is C16H21N3O2. The van der Waals surface area contributed by atoms with Crippen LogP contribution in [0.15, 0.2) is 30.5 Å². The highest BCUT2D eigenvalue weighted by atomic mass is 16.5. The molecular weight excluding hydrogens is 266 g/mol. The van der Waals surface area contributed by atoms with Crippen molar-refractivity contribution in [3.8, 4) is 5.75 Å². The number of methoxy groups -OCH3 is 1. The van der Waals surface area contributed by atoms with E-state index in [1.165, 1.54) is 16.8 Å². The quantitative estimate of drug-likeness (QED) is 0.911. The molecule has 0 fully saturated rings. The van der Waals surface area contributed by atoms with Crippen LogP contribution in [-0.2, 0) is 24.9 Å². The van der Waals surface area contributed by atoms with Crippen molar-refractivity contribution in [2.24, 2.45) is 7.05 Å². The van der Waals surface area contributed by atoms with Crippen molar-refractivity contribution in [1.82, 2.24) is 15.1 Å². The molecule has 1 aromatic carbocycles. The van der Waals surface area contributed by atoms with Gasteiger partial charge in [-0.1, -0.05) is 18.2 Å². The first kappa shape index (κ1) is 14.1. The smallest absolute Gasteiger partial charge is 0.123 e. The van der Waals surface area contributed by atoms with Crippen molar-refractivity contribution >= 4 is 0 Å². The van der Waals surface area contributed by atoms with Gasteiger partial charge in [0, 0.05) is 37.2 Å². The highest BCUT2D eigenvalue weighted by Gasteiger charge is 2.23. The fourth-order valence-corrected chi connectivity index (χ4v) is 2.78. The lowest BCUT2D eigenvalue weighted by Gasteiger charge is -2.23. The number of rotatable bonds is 5. The molecule has 5 heteroatoms. The number of fused-ring (bicyclic) bond motifs is 1. The number of hydrogen-bond acceptors (Lipinski definition) is 4. The molecule has 1 aliphatic rings. The molecule has 1 N–H and O–H groups in total. The monoisotopic (exact) mass is 287 g/mol. The Balaban J connectivity index is 1.61. The first-order valence-corrected chi connectivity index (χ1v) is 7.20.